The Morgan fingerprint density at radius 1 is 0.929 bits per heavy atom. The number of quaternary nitrogens is 1. The van der Waals surface area contributed by atoms with Crippen molar-refractivity contribution < 1.29 is 14.5 Å². The van der Waals surface area contributed by atoms with Crippen LogP contribution < -0.4 is 15.5 Å². The lowest BCUT2D eigenvalue weighted by Gasteiger charge is -2.18. The summed E-state index contributed by atoms with van der Waals surface area (Å²) in [4.78, 5) is 25.7. The zero-order valence-corrected chi connectivity index (χ0v) is 17.6. The number of anilines is 2. The highest BCUT2D eigenvalue weighted by atomic mass is 16.2. The summed E-state index contributed by atoms with van der Waals surface area (Å²) in [5.41, 5.74) is 4.92. The van der Waals surface area contributed by atoms with Crippen molar-refractivity contribution >= 4 is 23.2 Å². The van der Waals surface area contributed by atoms with Gasteiger partial charge in [0.15, 0.2) is 13.1 Å². The third-order valence-corrected chi connectivity index (χ3v) is 5.05. The van der Waals surface area contributed by atoms with E-state index in [-0.39, 0.29) is 24.9 Å². The number of hydrogen-bond donors (Lipinski definition) is 3. The van der Waals surface area contributed by atoms with Gasteiger partial charge in [-0.3, -0.25) is 9.59 Å². The number of benzene rings is 2. The van der Waals surface area contributed by atoms with E-state index in [9.17, 15) is 9.59 Å². The Balaban J connectivity index is 1.92. The Bertz CT molecular complexity index is 812. The normalized spacial score (nSPS) is 12.9. The molecule has 0 radical (unpaired) electrons. The summed E-state index contributed by atoms with van der Waals surface area (Å²) >= 11 is 0. The van der Waals surface area contributed by atoms with Crippen LogP contribution in [0.15, 0.2) is 42.5 Å². The molecule has 0 aliphatic carbocycles. The fourth-order valence-electron chi connectivity index (χ4n) is 3.26. The fourth-order valence-corrected chi connectivity index (χ4v) is 3.26. The first kappa shape index (κ1) is 21.6. The standard InChI is InChI=1S/C23H31N3O2/c1-6-16(2)19-12-7-8-13-20(19)24-21(27)14-26(5)15-22(28)25-23-17(3)10-9-11-18(23)4/h7-13,16H,6,14-15H2,1-5H3,(H,24,27)(H,25,28)/p+1/t16-/m0/s1. The van der Waals surface area contributed by atoms with Crippen molar-refractivity contribution in [1.29, 1.82) is 0 Å². The maximum atomic E-state index is 12.5. The zero-order chi connectivity index (χ0) is 20.7. The fraction of sp³-hybridized carbons (Fsp3) is 0.391. The summed E-state index contributed by atoms with van der Waals surface area (Å²) in [6, 6.07) is 13.8. The van der Waals surface area contributed by atoms with Gasteiger partial charge in [0.1, 0.15) is 0 Å². The molecule has 2 rings (SSSR count). The van der Waals surface area contributed by atoms with Gasteiger partial charge >= 0.3 is 0 Å². The van der Waals surface area contributed by atoms with Gasteiger partial charge in [0.25, 0.3) is 11.8 Å². The van der Waals surface area contributed by atoms with Crippen molar-refractivity contribution in [3.05, 3.63) is 59.2 Å². The molecule has 0 saturated carbocycles. The highest BCUT2D eigenvalue weighted by Gasteiger charge is 2.17. The Labute approximate surface area is 168 Å². The predicted octanol–water partition coefficient (Wildman–Crippen LogP) is 2.91. The first-order valence-electron chi connectivity index (χ1n) is 9.88. The molecule has 0 heterocycles. The summed E-state index contributed by atoms with van der Waals surface area (Å²) in [5.74, 6) is 0.195. The van der Waals surface area contributed by atoms with Gasteiger partial charge in [-0.25, -0.2) is 0 Å². The second-order valence-corrected chi connectivity index (χ2v) is 7.57. The van der Waals surface area contributed by atoms with Crippen LogP contribution in [0.5, 0.6) is 0 Å². The Hall–Kier alpha value is -2.66. The van der Waals surface area contributed by atoms with Crippen LogP contribution >= 0.6 is 0 Å². The second kappa shape index (κ2) is 10.0. The molecule has 0 aromatic heterocycles. The van der Waals surface area contributed by atoms with E-state index in [2.05, 4.69) is 30.5 Å². The van der Waals surface area contributed by atoms with Crippen LogP contribution in [-0.4, -0.2) is 32.0 Å². The molecular formula is C23H32N3O2+. The van der Waals surface area contributed by atoms with Crippen molar-refractivity contribution in [1.82, 2.24) is 0 Å². The topological polar surface area (TPSA) is 62.6 Å². The van der Waals surface area contributed by atoms with Gasteiger partial charge in [0, 0.05) is 11.4 Å². The van der Waals surface area contributed by atoms with Gasteiger partial charge < -0.3 is 15.5 Å². The maximum Gasteiger partial charge on any atom is 0.279 e. The number of nitrogens with one attached hydrogen (secondary N) is 3. The van der Waals surface area contributed by atoms with E-state index in [0.29, 0.717) is 5.92 Å². The van der Waals surface area contributed by atoms with Crippen LogP contribution in [0.25, 0.3) is 0 Å². The SMILES string of the molecule is CC[C@H](C)c1ccccc1NC(=O)C[NH+](C)CC(=O)Nc1c(C)cccc1C. The molecule has 0 saturated heterocycles. The summed E-state index contributed by atoms with van der Waals surface area (Å²) in [5, 5.41) is 5.98. The largest absolute Gasteiger partial charge is 0.322 e. The molecule has 0 aliphatic heterocycles. The van der Waals surface area contributed by atoms with Crippen molar-refractivity contribution in [3.63, 3.8) is 0 Å². The minimum absolute atomic E-state index is 0.0897. The summed E-state index contributed by atoms with van der Waals surface area (Å²) in [6.07, 6.45) is 1.01. The molecule has 2 aromatic carbocycles. The molecule has 0 fully saturated rings. The van der Waals surface area contributed by atoms with Crippen LogP contribution in [0.1, 0.15) is 42.9 Å². The summed E-state index contributed by atoms with van der Waals surface area (Å²) in [7, 11) is 1.85. The van der Waals surface area contributed by atoms with E-state index in [0.717, 1.165) is 39.4 Å². The highest BCUT2D eigenvalue weighted by molar-refractivity contribution is 5.94. The number of carbonyl (C=O) groups is 2. The molecular weight excluding hydrogens is 350 g/mol. The smallest absolute Gasteiger partial charge is 0.279 e. The van der Waals surface area contributed by atoms with Crippen molar-refractivity contribution in [2.24, 2.45) is 0 Å². The number of aryl methyl sites for hydroxylation is 2. The average Bonchev–Trinajstić information content (AvgIpc) is 2.64. The molecule has 0 aliphatic rings. The third kappa shape index (κ3) is 5.92. The molecule has 2 amide bonds. The van der Waals surface area contributed by atoms with E-state index in [1.54, 1.807) is 0 Å². The van der Waals surface area contributed by atoms with Gasteiger partial charge in [-0.05, 0) is 48.9 Å². The van der Waals surface area contributed by atoms with Crippen LogP contribution in [0, 0.1) is 13.8 Å². The first-order chi connectivity index (χ1) is 13.3. The van der Waals surface area contributed by atoms with E-state index < -0.39 is 0 Å². The lowest BCUT2D eigenvalue weighted by atomic mass is 9.97. The van der Waals surface area contributed by atoms with Crippen LogP contribution in [-0.2, 0) is 9.59 Å². The molecule has 2 atom stereocenters. The van der Waals surface area contributed by atoms with Gasteiger partial charge in [-0.1, -0.05) is 50.2 Å². The van der Waals surface area contributed by atoms with Crippen LogP contribution in [0.3, 0.4) is 0 Å². The quantitative estimate of drug-likeness (QED) is 0.657. The van der Waals surface area contributed by atoms with E-state index in [1.807, 2.05) is 57.3 Å². The van der Waals surface area contributed by atoms with Crippen molar-refractivity contribution in [3.8, 4) is 0 Å². The number of hydrogen-bond acceptors (Lipinski definition) is 2. The number of likely N-dealkylation sites (N-methyl/N-ethyl adjacent to an activating group) is 1. The molecule has 5 nitrogen and oxygen atoms in total. The molecule has 150 valence electrons. The lowest BCUT2D eigenvalue weighted by molar-refractivity contribution is -0.862. The van der Waals surface area contributed by atoms with E-state index in [4.69, 9.17) is 0 Å². The maximum absolute atomic E-state index is 12.5. The minimum Gasteiger partial charge on any atom is -0.322 e. The summed E-state index contributed by atoms with van der Waals surface area (Å²) < 4.78 is 0. The number of rotatable bonds is 8. The van der Waals surface area contributed by atoms with Gasteiger partial charge in [-0.15, -0.1) is 0 Å². The predicted molar refractivity (Wildman–Crippen MR) is 115 cm³/mol. The molecule has 0 spiro atoms. The van der Waals surface area contributed by atoms with Gasteiger partial charge in [-0.2, -0.15) is 0 Å². The van der Waals surface area contributed by atoms with Crippen molar-refractivity contribution in [2.75, 3.05) is 30.8 Å². The molecule has 2 aromatic rings. The van der Waals surface area contributed by atoms with Gasteiger partial charge in [0.2, 0.25) is 0 Å². The molecule has 5 heteroatoms. The Kier molecular flexibility index (Phi) is 7.76. The van der Waals surface area contributed by atoms with Crippen LogP contribution in [0.2, 0.25) is 0 Å². The second-order valence-electron chi connectivity index (χ2n) is 7.57. The molecule has 0 bridgehead atoms. The van der Waals surface area contributed by atoms with Gasteiger partial charge in [0.05, 0.1) is 7.05 Å². The third-order valence-electron chi connectivity index (χ3n) is 5.05. The minimum atomic E-state index is -0.0947. The van der Waals surface area contributed by atoms with Crippen molar-refractivity contribution in [2.45, 2.75) is 40.0 Å². The number of carbonyl (C=O) groups excluding carboxylic acids is 2. The Morgan fingerprint density at radius 3 is 2.11 bits per heavy atom. The average molecular weight is 383 g/mol. The molecule has 3 N–H and O–H groups in total. The zero-order valence-electron chi connectivity index (χ0n) is 17.6. The highest BCUT2D eigenvalue weighted by Crippen LogP contribution is 2.26. The van der Waals surface area contributed by atoms with E-state index in [1.165, 1.54) is 0 Å². The Morgan fingerprint density at radius 2 is 1.50 bits per heavy atom. The number of para-hydroxylation sites is 2. The van der Waals surface area contributed by atoms with Crippen LogP contribution in [0.4, 0.5) is 11.4 Å². The monoisotopic (exact) mass is 382 g/mol. The summed E-state index contributed by atoms with van der Waals surface area (Å²) in [6.45, 7) is 8.70. The molecule has 28 heavy (non-hydrogen) atoms. The first-order valence-corrected chi connectivity index (χ1v) is 9.88. The number of amides is 2. The lowest BCUT2D eigenvalue weighted by Crippen LogP contribution is -3.11. The molecule has 1 unspecified atom stereocenters. The van der Waals surface area contributed by atoms with E-state index >= 15 is 0 Å².